The molecule has 8 heteroatoms. The Morgan fingerprint density at radius 2 is 2.11 bits per heavy atom. The van der Waals surface area contributed by atoms with Gasteiger partial charge in [-0.25, -0.2) is 9.36 Å². The molecule has 3 aromatic heterocycles. The molecule has 0 N–H and O–H groups in total. The first kappa shape index (κ1) is 17.0. The number of fused-ring (bicyclic) bond motifs is 1. The molecule has 0 saturated carbocycles. The number of benzene rings is 1. The van der Waals surface area contributed by atoms with Gasteiger partial charge in [-0.3, -0.25) is 9.32 Å². The van der Waals surface area contributed by atoms with Gasteiger partial charge in [-0.15, -0.1) is 11.3 Å². The number of hydrogen-bond acceptors (Lipinski definition) is 6. The second-order valence-corrected chi connectivity index (χ2v) is 6.87. The van der Waals surface area contributed by atoms with Crippen LogP contribution in [0.3, 0.4) is 0 Å². The van der Waals surface area contributed by atoms with Crippen LogP contribution in [0.4, 0.5) is 0 Å². The summed E-state index contributed by atoms with van der Waals surface area (Å²) >= 11 is 1.41. The number of aromatic nitrogens is 3. The molecule has 7 nitrogen and oxygen atoms in total. The van der Waals surface area contributed by atoms with Crippen molar-refractivity contribution in [2.45, 2.75) is 19.5 Å². The van der Waals surface area contributed by atoms with Crippen molar-refractivity contribution >= 4 is 28.0 Å². The summed E-state index contributed by atoms with van der Waals surface area (Å²) in [5.74, 6) is -0.540. The Morgan fingerprint density at radius 3 is 2.89 bits per heavy atom. The van der Waals surface area contributed by atoms with Gasteiger partial charge >= 0.3 is 5.76 Å². The van der Waals surface area contributed by atoms with E-state index >= 15 is 0 Å². The summed E-state index contributed by atoms with van der Waals surface area (Å²) in [6, 6.07) is 13.3. The van der Waals surface area contributed by atoms with Crippen LogP contribution in [0.5, 0.6) is 0 Å². The zero-order valence-corrected chi connectivity index (χ0v) is 15.0. The lowest BCUT2D eigenvalue weighted by molar-refractivity contribution is 0.0971. The number of carbonyl (C=O) groups is 1. The summed E-state index contributed by atoms with van der Waals surface area (Å²) < 4.78 is 7.91. The highest BCUT2D eigenvalue weighted by molar-refractivity contribution is 7.13. The van der Waals surface area contributed by atoms with Gasteiger partial charge in [0.2, 0.25) is 0 Å². The molecule has 0 aliphatic heterocycles. The van der Waals surface area contributed by atoms with E-state index in [-0.39, 0.29) is 12.3 Å². The molecule has 1 aromatic carbocycles. The number of aryl methyl sites for hydroxylation is 1. The predicted molar refractivity (Wildman–Crippen MR) is 101 cm³/mol. The molecule has 0 radical (unpaired) electrons. The highest BCUT2D eigenvalue weighted by atomic mass is 32.1. The molecule has 4 rings (SSSR count). The van der Waals surface area contributed by atoms with E-state index in [2.05, 4.69) is 11.2 Å². The first-order valence-corrected chi connectivity index (χ1v) is 9.15. The van der Waals surface area contributed by atoms with E-state index in [4.69, 9.17) is 9.78 Å². The lowest BCUT2D eigenvalue weighted by Crippen LogP contribution is -2.21. The molecule has 0 bridgehead atoms. The molecular formula is C19H14N4O3S. The normalized spacial score (nSPS) is 10.9. The van der Waals surface area contributed by atoms with Gasteiger partial charge in [-0.1, -0.05) is 29.4 Å². The van der Waals surface area contributed by atoms with E-state index in [1.165, 1.54) is 15.9 Å². The monoisotopic (exact) mass is 378 g/mol. The minimum Gasteiger partial charge on any atom is -0.346 e. The van der Waals surface area contributed by atoms with Crippen LogP contribution in [0.1, 0.15) is 16.8 Å². The molecule has 0 amide bonds. The molecular weight excluding hydrogens is 364 g/mol. The van der Waals surface area contributed by atoms with Crippen LogP contribution in [0.2, 0.25) is 0 Å². The fourth-order valence-electron chi connectivity index (χ4n) is 3.04. The molecule has 4 aromatic rings. The third-order valence-corrected chi connectivity index (χ3v) is 5.15. The van der Waals surface area contributed by atoms with Gasteiger partial charge in [0, 0.05) is 29.2 Å². The van der Waals surface area contributed by atoms with Crippen LogP contribution in [-0.2, 0) is 13.1 Å². The van der Waals surface area contributed by atoms with Gasteiger partial charge < -0.3 is 4.57 Å². The minimum atomic E-state index is -0.667. The predicted octanol–water partition coefficient (Wildman–Crippen LogP) is 3.32. The Bertz CT molecular complexity index is 1210. The molecule has 0 fully saturated rings. The number of para-hydroxylation sites is 1. The number of thiophene rings is 1. The first-order chi connectivity index (χ1) is 13.2. The highest BCUT2D eigenvalue weighted by Gasteiger charge is 2.20. The Morgan fingerprint density at radius 1 is 1.26 bits per heavy atom. The van der Waals surface area contributed by atoms with Crippen LogP contribution < -0.4 is 5.76 Å². The topological polar surface area (TPSA) is 93.8 Å². The first-order valence-electron chi connectivity index (χ1n) is 8.27. The molecule has 0 spiro atoms. The van der Waals surface area contributed by atoms with Gasteiger partial charge in [-0.2, -0.15) is 5.26 Å². The standard InChI is InChI=1S/C19H14N4O3S/c20-8-4-9-22-11-14(13-5-1-2-6-15(13)22)16(24)12-23-18(21-26-19(23)25)17-7-3-10-27-17/h1-3,5-7,10-11H,4,9,12H2. The average Bonchev–Trinajstić information content (AvgIpc) is 3.40. The number of rotatable bonds is 6. The SMILES string of the molecule is N#CCCn1cc(C(=O)Cn2c(-c3cccs3)noc2=O)c2ccccc21. The number of ketones is 1. The van der Waals surface area contributed by atoms with Crippen molar-refractivity contribution in [3.8, 4) is 16.8 Å². The van der Waals surface area contributed by atoms with E-state index in [1.807, 2.05) is 46.3 Å². The summed E-state index contributed by atoms with van der Waals surface area (Å²) in [6.07, 6.45) is 2.09. The lowest BCUT2D eigenvalue weighted by Gasteiger charge is -2.02. The number of nitriles is 1. The highest BCUT2D eigenvalue weighted by Crippen LogP contribution is 2.25. The fraction of sp³-hybridized carbons (Fsp3) is 0.158. The Balaban J connectivity index is 1.72. The number of nitrogens with zero attached hydrogens (tertiary/aromatic N) is 4. The van der Waals surface area contributed by atoms with Crippen molar-refractivity contribution in [2.75, 3.05) is 0 Å². The summed E-state index contributed by atoms with van der Waals surface area (Å²) in [5, 5.41) is 15.3. The molecule has 0 unspecified atom stereocenters. The molecule has 27 heavy (non-hydrogen) atoms. The minimum absolute atomic E-state index is 0.165. The zero-order chi connectivity index (χ0) is 18.8. The van der Waals surface area contributed by atoms with E-state index in [9.17, 15) is 9.59 Å². The van der Waals surface area contributed by atoms with E-state index in [0.29, 0.717) is 24.4 Å². The van der Waals surface area contributed by atoms with Crippen LogP contribution in [0.15, 0.2) is 57.3 Å². The van der Waals surface area contributed by atoms with Gasteiger partial charge in [0.25, 0.3) is 0 Å². The van der Waals surface area contributed by atoms with Gasteiger partial charge in [0.15, 0.2) is 11.6 Å². The fourth-order valence-corrected chi connectivity index (χ4v) is 3.76. The van der Waals surface area contributed by atoms with E-state index < -0.39 is 5.76 Å². The van der Waals surface area contributed by atoms with Crippen molar-refractivity contribution < 1.29 is 9.32 Å². The van der Waals surface area contributed by atoms with Crippen molar-refractivity contribution in [1.82, 2.24) is 14.3 Å². The zero-order valence-electron chi connectivity index (χ0n) is 14.2. The van der Waals surface area contributed by atoms with E-state index in [0.717, 1.165) is 15.8 Å². The smallest absolute Gasteiger partial charge is 0.346 e. The second kappa shape index (κ2) is 7.05. The summed E-state index contributed by atoms with van der Waals surface area (Å²) in [5.41, 5.74) is 1.39. The Kier molecular flexibility index (Phi) is 4.44. The second-order valence-electron chi connectivity index (χ2n) is 5.92. The quantitative estimate of drug-likeness (QED) is 0.480. The third kappa shape index (κ3) is 3.09. The maximum absolute atomic E-state index is 13.0. The summed E-state index contributed by atoms with van der Waals surface area (Å²) in [7, 11) is 0. The third-order valence-electron chi connectivity index (χ3n) is 4.28. The summed E-state index contributed by atoms with van der Waals surface area (Å²) in [4.78, 5) is 25.8. The van der Waals surface area contributed by atoms with Crippen LogP contribution >= 0.6 is 11.3 Å². The van der Waals surface area contributed by atoms with Crippen LogP contribution in [-0.4, -0.2) is 20.1 Å². The number of Topliss-reactive ketones (excluding diaryl/α,β-unsaturated/α-hetero) is 1. The lowest BCUT2D eigenvalue weighted by atomic mass is 10.1. The summed E-state index contributed by atoms with van der Waals surface area (Å²) in [6.45, 7) is 0.333. The van der Waals surface area contributed by atoms with Gasteiger partial charge in [-0.05, 0) is 17.5 Å². The maximum Gasteiger partial charge on any atom is 0.442 e. The molecule has 3 heterocycles. The molecule has 134 valence electrons. The largest absolute Gasteiger partial charge is 0.442 e. The van der Waals surface area contributed by atoms with Crippen molar-refractivity contribution in [1.29, 1.82) is 5.26 Å². The van der Waals surface area contributed by atoms with Crippen molar-refractivity contribution in [2.24, 2.45) is 0 Å². The van der Waals surface area contributed by atoms with Crippen molar-refractivity contribution in [3.63, 3.8) is 0 Å². The average molecular weight is 378 g/mol. The Hall–Kier alpha value is -3.44. The Labute approximate surface area is 157 Å². The number of carbonyl (C=O) groups excluding carboxylic acids is 1. The molecule has 0 aliphatic carbocycles. The van der Waals surface area contributed by atoms with Crippen LogP contribution in [0, 0.1) is 11.3 Å². The van der Waals surface area contributed by atoms with Gasteiger partial charge in [0.1, 0.15) is 0 Å². The van der Waals surface area contributed by atoms with Crippen LogP contribution in [0.25, 0.3) is 21.6 Å². The molecule has 0 aliphatic rings. The number of hydrogen-bond donors (Lipinski definition) is 0. The maximum atomic E-state index is 13.0. The van der Waals surface area contributed by atoms with Crippen molar-refractivity contribution in [3.05, 3.63) is 64.1 Å². The van der Waals surface area contributed by atoms with E-state index in [1.54, 1.807) is 6.20 Å². The molecule has 0 saturated heterocycles. The van der Waals surface area contributed by atoms with Gasteiger partial charge in [0.05, 0.1) is 23.9 Å². The molecule has 0 atom stereocenters.